The summed E-state index contributed by atoms with van der Waals surface area (Å²) < 4.78 is 55.0. The number of halogens is 2. The lowest BCUT2D eigenvalue weighted by Crippen LogP contribution is -2.14. The maximum atomic E-state index is 15.1. The molecule has 2 aromatic carbocycles. The molecule has 0 aliphatic rings. The summed E-state index contributed by atoms with van der Waals surface area (Å²) in [5, 5.41) is 19.6. The molecule has 2 heterocycles. The van der Waals surface area contributed by atoms with Crippen LogP contribution in [0.15, 0.2) is 52.3 Å². The summed E-state index contributed by atoms with van der Waals surface area (Å²) in [7, 11) is -3.84. The SMILES string of the molecule is Cc1cc2c(-c3ccc[nH]c3=O)c(C(=O)O)n(Cc3cc(S(C)(=O)=O)cc(C#N)c3F)c2cc1F. The molecular formula is C24H17F2N3O5S. The number of aromatic nitrogens is 2. The summed E-state index contributed by atoms with van der Waals surface area (Å²) in [4.78, 5) is 27.1. The van der Waals surface area contributed by atoms with Crippen molar-refractivity contribution in [1.82, 2.24) is 9.55 Å². The summed E-state index contributed by atoms with van der Waals surface area (Å²) in [5.74, 6) is -3.17. The van der Waals surface area contributed by atoms with Gasteiger partial charge in [0.15, 0.2) is 9.84 Å². The van der Waals surface area contributed by atoms with E-state index < -0.39 is 50.8 Å². The summed E-state index contributed by atoms with van der Waals surface area (Å²) in [6.45, 7) is 0.926. The molecule has 4 aromatic rings. The Balaban J connectivity index is 2.12. The lowest BCUT2D eigenvalue weighted by molar-refractivity contribution is 0.0687. The van der Waals surface area contributed by atoms with Crippen molar-refractivity contribution in [1.29, 1.82) is 5.26 Å². The van der Waals surface area contributed by atoms with Crippen molar-refractivity contribution in [2.24, 2.45) is 0 Å². The minimum Gasteiger partial charge on any atom is -0.477 e. The monoisotopic (exact) mass is 497 g/mol. The Labute approximate surface area is 197 Å². The smallest absolute Gasteiger partial charge is 0.353 e. The van der Waals surface area contributed by atoms with Gasteiger partial charge in [0.25, 0.3) is 5.56 Å². The topological polar surface area (TPSA) is 133 Å². The van der Waals surface area contributed by atoms with E-state index in [-0.39, 0.29) is 38.1 Å². The molecule has 11 heteroatoms. The Morgan fingerprint density at radius 3 is 2.54 bits per heavy atom. The van der Waals surface area contributed by atoms with E-state index in [0.717, 1.165) is 29.0 Å². The molecule has 2 N–H and O–H groups in total. The van der Waals surface area contributed by atoms with Crippen LogP contribution in [0.3, 0.4) is 0 Å². The molecule has 0 unspecified atom stereocenters. The first kappa shape index (κ1) is 23.8. The zero-order valence-electron chi connectivity index (χ0n) is 18.4. The van der Waals surface area contributed by atoms with E-state index in [1.807, 2.05) is 0 Å². The van der Waals surface area contributed by atoms with Crippen molar-refractivity contribution in [2.75, 3.05) is 6.26 Å². The summed E-state index contributed by atoms with van der Waals surface area (Å²) in [6, 6.07) is 8.84. The number of nitrogens with one attached hydrogen (secondary N) is 1. The van der Waals surface area contributed by atoms with Crippen LogP contribution in [0.2, 0.25) is 0 Å². The maximum Gasteiger partial charge on any atom is 0.353 e. The van der Waals surface area contributed by atoms with Gasteiger partial charge >= 0.3 is 5.97 Å². The Hall–Kier alpha value is -4.30. The van der Waals surface area contributed by atoms with Gasteiger partial charge < -0.3 is 14.7 Å². The van der Waals surface area contributed by atoms with E-state index in [4.69, 9.17) is 0 Å². The summed E-state index contributed by atoms with van der Waals surface area (Å²) in [5.41, 5.74) is -1.61. The Morgan fingerprint density at radius 1 is 1.23 bits per heavy atom. The van der Waals surface area contributed by atoms with Crippen LogP contribution in [0, 0.1) is 29.9 Å². The van der Waals surface area contributed by atoms with Crippen molar-refractivity contribution < 1.29 is 27.1 Å². The van der Waals surface area contributed by atoms with Crippen molar-refractivity contribution in [3.63, 3.8) is 0 Å². The number of carbonyl (C=O) groups is 1. The third kappa shape index (κ3) is 4.08. The highest BCUT2D eigenvalue weighted by Gasteiger charge is 2.27. The first-order chi connectivity index (χ1) is 16.4. The number of aromatic amines is 1. The first-order valence-electron chi connectivity index (χ1n) is 10.1. The number of rotatable bonds is 5. The van der Waals surface area contributed by atoms with Crippen LogP contribution in [0.25, 0.3) is 22.0 Å². The van der Waals surface area contributed by atoms with Crippen molar-refractivity contribution in [3.05, 3.63) is 87.0 Å². The molecule has 0 aliphatic heterocycles. The Kier molecular flexibility index (Phi) is 5.78. The normalized spacial score (nSPS) is 11.5. The summed E-state index contributed by atoms with van der Waals surface area (Å²) >= 11 is 0. The molecule has 0 bridgehead atoms. The van der Waals surface area contributed by atoms with E-state index in [1.54, 1.807) is 6.07 Å². The molecule has 0 amide bonds. The van der Waals surface area contributed by atoms with Gasteiger partial charge in [0.1, 0.15) is 23.4 Å². The van der Waals surface area contributed by atoms with E-state index in [0.29, 0.717) is 0 Å². The molecule has 4 rings (SSSR count). The standard InChI is InChI=1S/C24H17F2N3O5S/c1-12-6-17-19(9-18(12)25)29(22(24(31)32)20(17)16-4-3-5-28-23(16)30)11-14-8-15(35(2,33)34)7-13(10-27)21(14)26/h3-9H,11H2,1-2H3,(H,28,30)(H,31,32). The fraction of sp³-hybridized carbons (Fsp3) is 0.125. The number of sulfone groups is 1. The fourth-order valence-electron chi connectivity index (χ4n) is 3.99. The number of hydrogen-bond acceptors (Lipinski definition) is 5. The van der Waals surface area contributed by atoms with Gasteiger partial charge in [-0.25, -0.2) is 22.0 Å². The molecule has 178 valence electrons. The molecule has 0 atom stereocenters. The number of H-pyrrole nitrogens is 1. The Bertz CT molecular complexity index is 1750. The van der Waals surface area contributed by atoms with Gasteiger partial charge in [-0.05, 0) is 48.9 Å². The average molecular weight is 497 g/mol. The highest BCUT2D eigenvalue weighted by molar-refractivity contribution is 7.90. The van der Waals surface area contributed by atoms with Gasteiger partial charge in [0.05, 0.1) is 22.5 Å². The second kappa shape index (κ2) is 8.48. The van der Waals surface area contributed by atoms with Crippen LogP contribution in [-0.2, 0) is 16.4 Å². The van der Waals surface area contributed by atoms with E-state index in [1.165, 1.54) is 31.3 Å². The highest BCUT2D eigenvalue weighted by atomic mass is 32.2. The first-order valence-corrected chi connectivity index (χ1v) is 12.0. The van der Waals surface area contributed by atoms with Crippen LogP contribution < -0.4 is 5.56 Å². The zero-order chi connectivity index (χ0) is 25.7. The molecule has 0 saturated carbocycles. The number of aromatic carboxylic acids is 1. The van der Waals surface area contributed by atoms with Gasteiger partial charge in [0.2, 0.25) is 0 Å². The largest absolute Gasteiger partial charge is 0.477 e. The van der Waals surface area contributed by atoms with E-state index >= 15 is 4.39 Å². The number of pyridine rings is 1. The zero-order valence-corrected chi connectivity index (χ0v) is 19.2. The van der Waals surface area contributed by atoms with Gasteiger partial charge in [-0.1, -0.05) is 0 Å². The number of carboxylic acids is 1. The van der Waals surface area contributed by atoms with Crippen LogP contribution in [0.1, 0.15) is 27.2 Å². The van der Waals surface area contributed by atoms with Crippen molar-refractivity contribution >= 4 is 26.7 Å². The van der Waals surface area contributed by atoms with Crippen LogP contribution in [-0.4, -0.2) is 35.3 Å². The minimum absolute atomic E-state index is 0.00219. The number of carboxylic acid groups (broad SMARTS) is 1. The molecule has 2 aromatic heterocycles. The van der Waals surface area contributed by atoms with Crippen LogP contribution in [0.5, 0.6) is 0 Å². The van der Waals surface area contributed by atoms with Crippen molar-refractivity contribution in [2.45, 2.75) is 18.4 Å². The predicted octanol–water partition coefficient (Wildman–Crippen LogP) is 3.60. The van der Waals surface area contributed by atoms with Crippen LogP contribution in [0.4, 0.5) is 8.78 Å². The number of fused-ring (bicyclic) bond motifs is 1. The van der Waals surface area contributed by atoms with Crippen molar-refractivity contribution in [3.8, 4) is 17.2 Å². The van der Waals surface area contributed by atoms with Gasteiger partial charge in [-0.2, -0.15) is 5.26 Å². The predicted molar refractivity (Wildman–Crippen MR) is 123 cm³/mol. The molecule has 8 nitrogen and oxygen atoms in total. The molecule has 0 spiro atoms. The van der Waals surface area contributed by atoms with E-state index in [9.17, 15) is 32.8 Å². The number of nitriles is 1. The number of benzene rings is 2. The van der Waals surface area contributed by atoms with Gasteiger partial charge in [-0.3, -0.25) is 4.79 Å². The summed E-state index contributed by atoms with van der Waals surface area (Å²) in [6.07, 6.45) is 2.25. The second-order valence-electron chi connectivity index (χ2n) is 7.97. The lowest BCUT2D eigenvalue weighted by atomic mass is 10.0. The number of hydrogen-bond donors (Lipinski definition) is 2. The van der Waals surface area contributed by atoms with E-state index in [2.05, 4.69) is 4.98 Å². The minimum atomic E-state index is -3.84. The van der Waals surface area contributed by atoms with Crippen LogP contribution >= 0.6 is 0 Å². The maximum absolute atomic E-state index is 15.1. The molecule has 0 radical (unpaired) electrons. The lowest BCUT2D eigenvalue weighted by Gasteiger charge is -2.12. The molecule has 35 heavy (non-hydrogen) atoms. The second-order valence-corrected chi connectivity index (χ2v) is 9.99. The molecular weight excluding hydrogens is 480 g/mol. The quantitative estimate of drug-likeness (QED) is 0.405. The van der Waals surface area contributed by atoms with Gasteiger partial charge in [-0.15, -0.1) is 0 Å². The third-order valence-corrected chi connectivity index (χ3v) is 6.72. The number of aryl methyl sites for hydroxylation is 1. The Morgan fingerprint density at radius 2 is 1.94 bits per heavy atom. The molecule has 0 aliphatic carbocycles. The molecule has 0 saturated heterocycles. The number of nitrogens with zero attached hydrogens (tertiary/aromatic N) is 2. The van der Waals surface area contributed by atoms with Gasteiger partial charge in [0, 0.05) is 34.5 Å². The highest BCUT2D eigenvalue weighted by Crippen LogP contribution is 2.36. The third-order valence-electron chi connectivity index (χ3n) is 5.63. The average Bonchev–Trinajstić information content (AvgIpc) is 3.08. The fourth-order valence-corrected chi connectivity index (χ4v) is 4.68. The molecule has 0 fully saturated rings.